The smallest absolute Gasteiger partial charge is 0.462 e. The summed E-state index contributed by atoms with van der Waals surface area (Å²) in [7, 11) is -2.65. The normalized spacial score (nSPS) is 13.4. The van der Waals surface area contributed by atoms with Gasteiger partial charge in [-0.1, -0.05) is 167 Å². The molecular formula is C46H88NO8P. The Labute approximate surface area is 344 Å². The fraction of sp³-hybridized carbons (Fsp3) is 0.870. The number of carbonyl (C=O) groups excluding carboxylic acids is 2. The molecule has 9 nitrogen and oxygen atoms in total. The van der Waals surface area contributed by atoms with Gasteiger partial charge in [0.15, 0.2) is 6.10 Å². The van der Waals surface area contributed by atoms with Gasteiger partial charge >= 0.3 is 19.8 Å². The highest BCUT2D eigenvalue weighted by Crippen LogP contribution is 2.43. The van der Waals surface area contributed by atoms with Crippen molar-refractivity contribution < 1.29 is 37.6 Å². The summed E-state index contributed by atoms with van der Waals surface area (Å²) in [4.78, 5) is 35.1. The molecule has 0 aromatic rings. The second kappa shape index (κ2) is 43.1. The Hall–Kier alpha value is -1.51. The maximum absolute atomic E-state index is 12.6. The highest BCUT2D eigenvalue weighted by atomic mass is 31.2. The van der Waals surface area contributed by atoms with E-state index in [0.717, 1.165) is 51.4 Å². The molecule has 56 heavy (non-hydrogen) atoms. The summed E-state index contributed by atoms with van der Waals surface area (Å²) in [5.41, 5.74) is 0. The van der Waals surface area contributed by atoms with E-state index in [0.29, 0.717) is 13.0 Å². The van der Waals surface area contributed by atoms with Crippen molar-refractivity contribution in [3.63, 3.8) is 0 Å². The zero-order valence-electron chi connectivity index (χ0n) is 36.6. The van der Waals surface area contributed by atoms with Gasteiger partial charge in [0.05, 0.1) is 13.2 Å². The second-order valence-electron chi connectivity index (χ2n) is 15.6. The summed E-state index contributed by atoms with van der Waals surface area (Å²) in [6.07, 6.45) is 45.1. The first-order valence-electron chi connectivity index (χ1n) is 23.3. The van der Waals surface area contributed by atoms with Crippen LogP contribution in [0.4, 0.5) is 0 Å². The Morgan fingerprint density at radius 3 is 1.34 bits per heavy atom. The lowest BCUT2D eigenvalue weighted by molar-refractivity contribution is -0.161. The number of hydrogen-bond acceptors (Lipinski definition) is 8. The Balaban J connectivity index is 4.11. The van der Waals surface area contributed by atoms with Gasteiger partial charge in [0.25, 0.3) is 0 Å². The van der Waals surface area contributed by atoms with E-state index in [1.165, 1.54) is 135 Å². The number of phosphoric acid groups is 1. The summed E-state index contributed by atoms with van der Waals surface area (Å²) in [6, 6.07) is 0. The van der Waals surface area contributed by atoms with Gasteiger partial charge in [-0.25, -0.2) is 4.57 Å². The SMILES string of the molecule is CCCCCC/C=C\CCCCCCCC(=O)OC(COC(=O)CCCCCCCCCCCCC/C=C\CCCCCCCC)COP(=O)(O)OCCNC. The van der Waals surface area contributed by atoms with Crippen molar-refractivity contribution in [1.29, 1.82) is 0 Å². The molecule has 0 amide bonds. The van der Waals surface area contributed by atoms with Crippen LogP contribution in [0.1, 0.15) is 219 Å². The molecule has 0 saturated carbocycles. The van der Waals surface area contributed by atoms with E-state index in [1.54, 1.807) is 7.05 Å². The van der Waals surface area contributed by atoms with Gasteiger partial charge < -0.3 is 19.7 Å². The molecule has 0 radical (unpaired) electrons. The van der Waals surface area contributed by atoms with Gasteiger partial charge in [0.2, 0.25) is 0 Å². The van der Waals surface area contributed by atoms with Crippen molar-refractivity contribution in [2.24, 2.45) is 0 Å². The van der Waals surface area contributed by atoms with Crippen LogP contribution in [0.15, 0.2) is 24.3 Å². The number of ether oxygens (including phenoxy) is 2. The Morgan fingerprint density at radius 1 is 0.536 bits per heavy atom. The molecule has 2 atom stereocenters. The lowest BCUT2D eigenvalue weighted by Crippen LogP contribution is -2.29. The molecule has 0 aromatic heterocycles. The molecule has 0 aromatic carbocycles. The highest BCUT2D eigenvalue weighted by molar-refractivity contribution is 7.47. The molecule has 0 rings (SSSR count). The van der Waals surface area contributed by atoms with Crippen LogP contribution < -0.4 is 5.32 Å². The van der Waals surface area contributed by atoms with Gasteiger partial charge in [0, 0.05) is 19.4 Å². The van der Waals surface area contributed by atoms with Crippen molar-refractivity contribution in [2.75, 3.05) is 33.4 Å². The number of likely N-dealkylation sites (N-methyl/N-ethyl adjacent to an activating group) is 1. The molecule has 2 N–H and O–H groups in total. The second-order valence-corrected chi connectivity index (χ2v) is 17.0. The Kier molecular flexibility index (Phi) is 41.9. The maximum atomic E-state index is 12.6. The molecule has 0 saturated heterocycles. The molecule has 0 aliphatic rings. The fourth-order valence-electron chi connectivity index (χ4n) is 6.48. The predicted molar refractivity (Wildman–Crippen MR) is 234 cm³/mol. The molecular weight excluding hydrogens is 725 g/mol. The summed E-state index contributed by atoms with van der Waals surface area (Å²) >= 11 is 0. The number of unbranched alkanes of at least 4 members (excludes halogenated alkanes) is 26. The minimum Gasteiger partial charge on any atom is -0.462 e. The highest BCUT2D eigenvalue weighted by Gasteiger charge is 2.26. The fourth-order valence-corrected chi connectivity index (χ4v) is 7.24. The van der Waals surface area contributed by atoms with E-state index < -0.39 is 26.5 Å². The van der Waals surface area contributed by atoms with Gasteiger partial charge in [0.1, 0.15) is 6.61 Å². The third-order valence-electron chi connectivity index (χ3n) is 10.0. The van der Waals surface area contributed by atoms with Crippen molar-refractivity contribution in [1.82, 2.24) is 5.32 Å². The standard InChI is InChI=1S/C46H88NO8P/c1-4-6-8-10-12-14-16-18-19-20-21-22-23-24-25-27-28-30-32-34-36-38-45(48)52-42-44(43-54-56(50,51)53-41-40-47-3)55-46(49)39-37-35-33-31-29-26-17-15-13-11-9-7-5-2/h15,17-19,44,47H,4-14,16,20-43H2,1-3H3,(H,50,51)/b17-15-,19-18-. The number of phosphoric ester groups is 1. The number of nitrogens with one attached hydrogen (secondary N) is 1. The lowest BCUT2D eigenvalue weighted by atomic mass is 10.0. The van der Waals surface area contributed by atoms with Crippen LogP contribution in [0, 0.1) is 0 Å². The van der Waals surface area contributed by atoms with Crippen LogP contribution in [0.3, 0.4) is 0 Å². The average molecular weight is 814 g/mol. The number of rotatable bonds is 44. The number of carbonyl (C=O) groups is 2. The summed E-state index contributed by atoms with van der Waals surface area (Å²) in [5, 5.41) is 2.82. The van der Waals surface area contributed by atoms with Crippen molar-refractivity contribution in [3.8, 4) is 0 Å². The third kappa shape index (κ3) is 42.1. The third-order valence-corrected chi connectivity index (χ3v) is 11.0. The van der Waals surface area contributed by atoms with Gasteiger partial charge in [-0.2, -0.15) is 0 Å². The van der Waals surface area contributed by atoms with Crippen LogP contribution >= 0.6 is 7.82 Å². The quantitative estimate of drug-likeness (QED) is 0.0268. The lowest BCUT2D eigenvalue weighted by Gasteiger charge is -2.20. The van der Waals surface area contributed by atoms with E-state index in [1.807, 2.05) is 0 Å². The van der Waals surface area contributed by atoms with E-state index in [4.69, 9.17) is 18.5 Å². The predicted octanol–water partition coefficient (Wildman–Crippen LogP) is 13.4. The summed E-state index contributed by atoms with van der Waals surface area (Å²) in [6.45, 7) is 4.22. The molecule has 0 heterocycles. The van der Waals surface area contributed by atoms with Crippen LogP contribution in [0.25, 0.3) is 0 Å². The van der Waals surface area contributed by atoms with Gasteiger partial charge in [-0.05, 0) is 71.3 Å². The molecule has 0 fully saturated rings. The summed E-state index contributed by atoms with van der Waals surface area (Å²) in [5.74, 6) is -0.811. The topological polar surface area (TPSA) is 120 Å². The minimum absolute atomic E-state index is 0.0171. The molecule has 2 unspecified atom stereocenters. The average Bonchev–Trinajstić information content (AvgIpc) is 3.18. The van der Waals surface area contributed by atoms with Gasteiger partial charge in [-0.15, -0.1) is 0 Å². The van der Waals surface area contributed by atoms with Crippen LogP contribution in [-0.2, 0) is 32.7 Å². The monoisotopic (exact) mass is 814 g/mol. The number of hydrogen-bond donors (Lipinski definition) is 2. The zero-order valence-corrected chi connectivity index (χ0v) is 37.5. The molecule has 0 spiro atoms. The number of allylic oxidation sites excluding steroid dienone is 4. The first-order valence-corrected chi connectivity index (χ1v) is 24.8. The van der Waals surface area contributed by atoms with Gasteiger partial charge in [-0.3, -0.25) is 18.6 Å². The summed E-state index contributed by atoms with van der Waals surface area (Å²) < 4.78 is 33.2. The zero-order chi connectivity index (χ0) is 41.1. The first-order chi connectivity index (χ1) is 27.3. The first kappa shape index (κ1) is 54.5. The van der Waals surface area contributed by atoms with Crippen LogP contribution in [0.2, 0.25) is 0 Å². The molecule has 330 valence electrons. The maximum Gasteiger partial charge on any atom is 0.472 e. The minimum atomic E-state index is -4.35. The van der Waals surface area contributed by atoms with E-state index in [2.05, 4.69) is 43.5 Å². The van der Waals surface area contributed by atoms with Crippen molar-refractivity contribution in [3.05, 3.63) is 24.3 Å². The van der Waals surface area contributed by atoms with E-state index in [9.17, 15) is 19.0 Å². The van der Waals surface area contributed by atoms with Crippen LogP contribution in [0.5, 0.6) is 0 Å². The van der Waals surface area contributed by atoms with Crippen LogP contribution in [-0.4, -0.2) is 56.3 Å². The largest absolute Gasteiger partial charge is 0.472 e. The molecule has 0 aliphatic heterocycles. The Bertz CT molecular complexity index is 975. The molecule has 10 heteroatoms. The van der Waals surface area contributed by atoms with E-state index >= 15 is 0 Å². The van der Waals surface area contributed by atoms with Crippen molar-refractivity contribution in [2.45, 2.75) is 225 Å². The number of esters is 2. The van der Waals surface area contributed by atoms with E-state index in [-0.39, 0.29) is 32.0 Å². The van der Waals surface area contributed by atoms with Crippen molar-refractivity contribution >= 4 is 19.8 Å². The molecule has 0 bridgehead atoms. The Morgan fingerprint density at radius 2 is 0.911 bits per heavy atom. The molecule has 0 aliphatic carbocycles.